The highest BCUT2D eigenvalue weighted by Crippen LogP contribution is 2.03. The molecule has 0 radical (unpaired) electrons. The minimum absolute atomic E-state index is 0.366. The maximum Gasteiger partial charge on any atom is 0.00946 e. The van der Waals surface area contributed by atoms with Crippen molar-refractivity contribution in [3.8, 4) is 0 Å². The van der Waals surface area contributed by atoms with Gasteiger partial charge in [-0.25, -0.2) is 0 Å². The molecule has 0 aromatic rings. The summed E-state index contributed by atoms with van der Waals surface area (Å²) < 4.78 is 0. The van der Waals surface area contributed by atoms with E-state index in [0.717, 1.165) is 4.99 Å². The van der Waals surface area contributed by atoms with E-state index in [1.807, 2.05) is 6.92 Å². The van der Waals surface area contributed by atoms with Gasteiger partial charge >= 0.3 is 0 Å². The number of rotatable bonds is 1. The van der Waals surface area contributed by atoms with E-state index < -0.39 is 0 Å². The molecular weight excluding hydrogens is 106 g/mol. The lowest BCUT2D eigenvalue weighted by molar-refractivity contribution is 1.52. The molecule has 0 aromatic heterocycles. The Balaban J connectivity index is 3.72. The van der Waals surface area contributed by atoms with E-state index in [9.17, 15) is 0 Å². The molecule has 0 bridgehead atoms. The molecule has 0 aliphatic rings. The highest BCUT2D eigenvalue weighted by atomic mass is 32.2. The van der Waals surface area contributed by atoms with Gasteiger partial charge in [0.15, 0.2) is 0 Å². The predicted octanol–water partition coefficient (Wildman–Crippen LogP) is 1.01. The molecule has 1 nitrogen and oxygen atoms in total. The highest BCUT2D eigenvalue weighted by molar-refractivity contribution is 8.15. The van der Waals surface area contributed by atoms with Crippen molar-refractivity contribution < 1.29 is 0 Å². The Morgan fingerprint density at radius 3 is 2.14 bits per heavy atom. The molecular formula is C5H13NS. The van der Waals surface area contributed by atoms with Crippen molar-refractivity contribution in [2.75, 3.05) is 12.0 Å². The van der Waals surface area contributed by atoms with Crippen LogP contribution in [-0.2, 0) is 0 Å². The lowest BCUT2D eigenvalue weighted by Gasteiger charge is -1.97. The van der Waals surface area contributed by atoms with Crippen LogP contribution in [0, 0.1) is 0 Å². The topological polar surface area (TPSA) is 26.0 Å². The fourth-order valence-electron chi connectivity index (χ4n) is 0.228. The molecule has 7 heavy (non-hydrogen) atoms. The SMILES string of the molecule is CC/S(C)=C(\C)N. The first-order valence-electron chi connectivity index (χ1n) is 2.40. The van der Waals surface area contributed by atoms with E-state index in [-0.39, 0.29) is 0 Å². The molecule has 0 amide bonds. The Bertz CT molecular complexity index is 82.1. The van der Waals surface area contributed by atoms with E-state index in [4.69, 9.17) is 5.73 Å². The molecule has 0 heterocycles. The van der Waals surface area contributed by atoms with Gasteiger partial charge in [0.2, 0.25) is 0 Å². The predicted molar refractivity (Wildman–Crippen MR) is 38.9 cm³/mol. The summed E-state index contributed by atoms with van der Waals surface area (Å²) in [5.41, 5.74) is 5.48. The van der Waals surface area contributed by atoms with Crippen LogP contribution in [0.15, 0.2) is 0 Å². The first kappa shape index (κ1) is 7.18. The second-order valence-electron chi connectivity index (χ2n) is 1.54. The van der Waals surface area contributed by atoms with Crippen molar-refractivity contribution in [3.05, 3.63) is 0 Å². The van der Waals surface area contributed by atoms with Crippen molar-refractivity contribution in [1.29, 1.82) is 0 Å². The zero-order valence-electron chi connectivity index (χ0n) is 5.19. The zero-order valence-corrected chi connectivity index (χ0v) is 6.01. The highest BCUT2D eigenvalue weighted by Gasteiger charge is 1.81. The van der Waals surface area contributed by atoms with Gasteiger partial charge in [-0.05, 0) is 18.9 Å². The van der Waals surface area contributed by atoms with Crippen LogP contribution in [0.3, 0.4) is 0 Å². The number of hydrogen-bond donors (Lipinski definition) is 1. The van der Waals surface area contributed by atoms with E-state index in [2.05, 4.69) is 13.2 Å². The monoisotopic (exact) mass is 119 g/mol. The average Bonchev–Trinajstić information content (AvgIpc) is 1.65. The molecule has 0 aliphatic heterocycles. The summed E-state index contributed by atoms with van der Waals surface area (Å²) in [7, 11) is 0.366. The summed E-state index contributed by atoms with van der Waals surface area (Å²) in [5, 5.41) is 0. The average molecular weight is 119 g/mol. The van der Waals surface area contributed by atoms with Crippen molar-refractivity contribution in [3.63, 3.8) is 0 Å². The smallest absolute Gasteiger partial charge is 0.00946 e. The molecule has 0 aliphatic carbocycles. The van der Waals surface area contributed by atoms with Crippen LogP contribution in [0.4, 0.5) is 0 Å². The molecule has 2 N–H and O–H groups in total. The molecule has 1 unspecified atom stereocenters. The van der Waals surface area contributed by atoms with Gasteiger partial charge < -0.3 is 5.73 Å². The van der Waals surface area contributed by atoms with Crippen LogP contribution in [0.5, 0.6) is 0 Å². The second kappa shape index (κ2) is 3.22. The third-order valence-electron chi connectivity index (χ3n) is 0.983. The van der Waals surface area contributed by atoms with Gasteiger partial charge in [-0.2, -0.15) is 10.5 Å². The van der Waals surface area contributed by atoms with Gasteiger partial charge in [0.25, 0.3) is 0 Å². The molecule has 0 saturated heterocycles. The summed E-state index contributed by atoms with van der Waals surface area (Å²) in [6, 6.07) is 0. The first-order chi connectivity index (χ1) is 3.18. The summed E-state index contributed by atoms with van der Waals surface area (Å²) >= 11 is 0. The number of nitrogens with two attached hydrogens (primary N) is 1. The van der Waals surface area contributed by atoms with Crippen LogP contribution in [0.2, 0.25) is 0 Å². The van der Waals surface area contributed by atoms with Gasteiger partial charge in [0, 0.05) is 4.99 Å². The van der Waals surface area contributed by atoms with Crippen molar-refractivity contribution in [2.24, 2.45) is 5.73 Å². The normalized spacial score (nSPS) is 16.3. The zero-order chi connectivity index (χ0) is 5.86. The largest absolute Gasteiger partial charge is 0.302 e. The van der Waals surface area contributed by atoms with Crippen LogP contribution < -0.4 is 5.73 Å². The maximum absolute atomic E-state index is 5.48. The van der Waals surface area contributed by atoms with Gasteiger partial charge in [-0.15, -0.1) is 0 Å². The molecule has 0 fully saturated rings. The Hall–Kier alpha value is 0.180. The molecule has 0 rings (SSSR count). The standard InChI is InChI=1S/C5H13NS/c1-4-7(3)5(2)6/h4,6H2,1-3H3. The van der Waals surface area contributed by atoms with Crippen LogP contribution in [0.25, 0.3) is 0 Å². The molecule has 44 valence electrons. The lowest BCUT2D eigenvalue weighted by atomic mass is 10.8. The van der Waals surface area contributed by atoms with E-state index in [1.165, 1.54) is 5.75 Å². The fourth-order valence-corrected chi connectivity index (χ4v) is 0.683. The summed E-state index contributed by atoms with van der Waals surface area (Å²) in [6.07, 6.45) is 2.16. The molecule has 0 saturated carbocycles. The summed E-state index contributed by atoms with van der Waals surface area (Å²) in [4.78, 5) is 1.07. The van der Waals surface area contributed by atoms with E-state index in [1.54, 1.807) is 0 Å². The van der Waals surface area contributed by atoms with E-state index >= 15 is 0 Å². The van der Waals surface area contributed by atoms with Crippen LogP contribution >= 0.6 is 10.5 Å². The third kappa shape index (κ3) is 2.83. The third-order valence-corrected chi connectivity index (χ3v) is 2.95. The van der Waals surface area contributed by atoms with Gasteiger partial charge in [0.1, 0.15) is 0 Å². The second-order valence-corrected chi connectivity index (χ2v) is 4.03. The van der Waals surface area contributed by atoms with Crippen molar-refractivity contribution in [1.82, 2.24) is 0 Å². The Kier molecular flexibility index (Phi) is 3.30. The quantitative estimate of drug-likeness (QED) is 0.512. The minimum Gasteiger partial charge on any atom is -0.302 e. The molecule has 0 spiro atoms. The Morgan fingerprint density at radius 1 is 1.71 bits per heavy atom. The van der Waals surface area contributed by atoms with Crippen LogP contribution in [0.1, 0.15) is 13.8 Å². The molecule has 2 heteroatoms. The van der Waals surface area contributed by atoms with Gasteiger partial charge in [0.05, 0.1) is 0 Å². The molecule has 1 atom stereocenters. The van der Waals surface area contributed by atoms with E-state index in [0.29, 0.717) is 10.5 Å². The maximum atomic E-state index is 5.48. The first-order valence-corrected chi connectivity index (χ1v) is 4.20. The minimum atomic E-state index is 0.366. The molecule has 0 aromatic carbocycles. The number of hydrogen-bond acceptors (Lipinski definition) is 0. The lowest BCUT2D eigenvalue weighted by Crippen LogP contribution is -2.05. The van der Waals surface area contributed by atoms with Gasteiger partial charge in [-0.3, -0.25) is 0 Å². The Morgan fingerprint density at radius 2 is 2.14 bits per heavy atom. The van der Waals surface area contributed by atoms with Crippen molar-refractivity contribution >= 4 is 15.5 Å². The van der Waals surface area contributed by atoms with Crippen molar-refractivity contribution in [2.45, 2.75) is 13.8 Å². The summed E-state index contributed by atoms with van der Waals surface area (Å²) in [5.74, 6) is 1.18. The fraction of sp³-hybridized carbons (Fsp3) is 0.800. The van der Waals surface area contributed by atoms with Gasteiger partial charge in [-0.1, -0.05) is 6.92 Å². The Labute approximate surface area is 47.8 Å². The summed E-state index contributed by atoms with van der Waals surface area (Å²) in [6.45, 7) is 4.13. The van der Waals surface area contributed by atoms with Crippen LogP contribution in [-0.4, -0.2) is 17.0 Å².